The highest BCUT2D eigenvalue weighted by Crippen LogP contribution is 2.33. The summed E-state index contributed by atoms with van der Waals surface area (Å²) in [5.74, 6) is -0.237. The molecule has 0 aromatic heterocycles. The van der Waals surface area contributed by atoms with E-state index >= 15 is 0 Å². The summed E-state index contributed by atoms with van der Waals surface area (Å²) in [4.78, 5) is 11.2. The molecule has 0 aliphatic carbocycles. The normalized spacial score (nSPS) is 12.4. The molecule has 0 aliphatic heterocycles. The molecule has 0 amide bonds. The summed E-state index contributed by atoms with van der Waals surface area (Å²) in [6, 6.07) is 21.2. The van der Waals surface area contributed by atoms with E-state index in [4.69, 9.17) is 32.7 Å². The van der Waals surface area contributed by atoms with E-state index in [1.54, 1.807) is 13.0 Å². The van der Waals surface area contributed by atoms with Crippen LogP contribution in [0, 0.1) is 0 Å². The molecule has 33 heavy (non-hydrogen) atoms. The molecule has 0 saturated carbocycles. The highest BCUT2D eigenvalue weighted by molar-refractivity contribution is 6.43. The van der Waals surface area contributed by atoms with Crippen molar-refractivity contribution in [3.8, 4) is 16.9 Å². The molecule has 1 N–H and O–H groups in total. The zero-order chi connectivity index (χ0) is 23.8. The van der Waals surface area contributed by atoms with E-state index in [2.05, 4.69) is 0 Å². The van der Waals surface area contributed by atoms with Crippen molar-refractivity contribution in [3.05, 3.63) is 94.0 Å². The smallest absolute Gasteiger partial charge is 0.333 e. The van der Waals surface area contributed by atoms with Gasteiger partial charge in [0.2, 0.25) is 0 Å². The first-order valence-electron chi connectivity index (χ1n) is 10.7. The van der Waals surface area contributed by atoms with Crippen LogP contribution in [0.15, 0.2) is 72.8 Å². The molecule has 172 valence electrons. The predicted octanol–water partition coefficient (Wildman–Crippen LogP) is 7.17. The van der Waals surface area contributed by atoms with Crippen molar-refractivity contribution < 1.29 is 19.4 Å². The Kier molecular flexibility index (Phi) is 8.95. The van der Waals surface area contributed by atoms with E-state index in [0.29, 0.717) is 29.7 Å². The number of carboxylic acid groups (broad SMARTS) is 1. The number of hydrogen-bond acceptors (Lipinski definition) is 3. The molecule has 1 atom stereocenters. The molecule has 0 aliphatic rings. The Morgan fingerprint density at radius 3 is 2.36 bits per heavy atom. The van der Waals surface area contributed by atoms with E-state index in [9.17, 15) is 9.90 Å². The molecule has 0 bridgehead atoms. The van der Waals surface area contributed by atoms with Gasteiger partial charge in [-0.3, -0.25) is 0 Å². The molecular formula is C27H26Cl2O4. The third-order valence-electron chi connectivity index (χ3n) is 5.23. The third kappa shape index (κ3) is 6.84. The summed E-state index contributed by atoms with van der Waals surface area (Å²) in [7, 11) is 0. The second kappa shape index (κ2) is 11.9. The lowest BCUT2D eigenvalue weighted by molar-refractivity contribution is -0.149. The number of allylic oxidation sites excluding steroid dienone is 1. The molecular weight excluding hydrogens is 459 g/mol. The van der Waals surface area contributed by atoms with Crippen LogP contribution in [-0.4, -0.2) is 30.4 Å². The molecule has 3 aromatic rings. The van der Waals surface area contributed by atoms with Gasteiger partial charge >= 0.3 is 5.97 Å². The zero-order valence-corrected chi connectivity index (χ0v) is 20.1. The molecule has 0 spiro atoms. The summed E-state index contributed by atoms with van der Waals surface area (Å²) < 4.78 is 11.1. The first kappa shape index (κ1) is 24.8. The quantitative estimate of drug-likeness (QED) is 0.331. The van der Waals surface area contributed by atoms with Gasteiger partial charge in [0.15, 0.2) is 6.10 Å². The SMILES string of the molecule is CCO[C@@H](Cc1ccc(OCC=C(C)c2ccc(-c3cccc(Cl)c3Cl)cc2)cc1)C(=O)O. The van der Waals surface area contributed by atoms with Crippen LogP contribution >= 0.6 is 23.2 Å². The van der Waals surface area contributed by atoms with Crippen LogP contribution in [-0.2, 0) is 16.0 Å². The minimum Gasteiger partial charge on any atom is -0.490 e. The Morgan fingerprint density at radius 1 is 1.03 bits per heavy atom. The van der Waals surface area contributed by atoms with E-state index in [1.165, 1.54) is 0 Å². The molecule has 4 nitrogen and oxygen atoms in total. The summed E-state index contributed by atoms with van der Waals surface area (Å²) in [5, 5.41) is 10.3. The average molecular weight is 485 g/mol. The minimum absolute atomic E-state index is 0.318. The molecule has 0 heterocycles. The maximum atomic E-state index is 11.2. The van der Waals surface area contributed by atoms with Crippen molar-refractivity contribution >= 4 is 34.7 Å². The van der Waals surface area contributed by atoms with Gasteiger partial charge in [-0.05, 0) is 60.4 Å². The third-order valence-corrected chi connectivity index (χ3v) is 6.05. The molecule has 0 saturated heterocycles. The van der Waals surface area contributed by atoms with E-state index in [-0.39, 0.29) is 0 Å². The molecule has 3 aromatic carbocycles. The van der Waals surface area contributed by atoms with Gasteiger partial charge in [0.1, 0.15) is 12.4 Å². The lowest BCUT2D eigenvalue weighted by Gasteiger charge is -2.12. The van der Waals surface area contributed by atoms with Crippen molar-refractivity contribution in [3.63, 3.8) is 0 Å². The van der Waals surface area contributed by atoms with Crippen molar-refractivity contribution in [2.45, 2.75) is 26.4 Å². The van der Waals surface area contributed by atoms with Gasteiger partial charge in [0, 0.05) is 18.6 Å². The monoisotopic (exact) mass is 484 g/mol. The maximum absolute atomic E-state index is 11.2. The molecule has 3 rings (SSSR count). The van der Waals surface area contributed by atoms with Crippen molar-refractivity contribution in [2.75, 3.05) is 13.2 Å². The summed E-state index contributed by atoms with van der Waals surface area (Å²) in [6.45, 7) is 4.60. The van der Waals surface area contributed by atoms with Crippen LogP contribution in [0.1, 0.15) is 25.0 Å². The lowest BCUT2D eigenvalue weighted by Crippen LogP contribution is -2.26. The van der Waals surface area contributed by atoms with Crippen LogP contribution in [0.25, 0.3) is 16.7 Å². The fraction of sp³-hybridized carbons (Fsp3) is 0.222. The van der Waals surface area contributed by atoms with Gasteiger partial charge < -0.3 is 14.6 Å². The zero-order valence-electron chi connectivity index (χ0n) is 18.6. The Labute approximate surface area is 204 Å². The standard InChI is InChI=1S/C27H26Cl2O4/c1-3-32-25(27(30)31)17-19-7-13-22(14-8-19)33-16-15-18(2)20-9-11-21(12-10-20)23-5-4-6-24(28)26(23)29/h4-15,25H,3,16-17H2,1-2H3,(H,30,31)/t25-/m0/s1. The topological polar surface area (TPSA) is 55.8 Å². The van der Waals surface area contributed by atoms with Gasteiger partial charge in [0.05, 0.1) is 10.0 Å². The largest absolute Gasteiger partial charge is 0.490 e. The van der Waals surface area contributed by atoms with Crippen LogP contribution in [0.3, 0.4) is 0 Å². The minimum atomic E-state index is -0.957. The number of benzene rings is 3. The van der Waals surface area contributed by atoms with Gasteiger partial charge in [-0.1, -0.05) is 71.7 Å². The van der Waals surface area contributed by atoms with Crippen molar-refractivity contribution in [1.29, 1.82) is 0 Å². The Balaban J connectivity index is 1.58. The summed E-state index contributed by atoms with van der Waals surface area (Å²) in [5.41, 5.74) is 4.97. The second-order valence-corrected chi connectivity index (χ2v) is 8.29. The maximum Gasteiger partial charge on any atom is 0.333 e. The van der Waals surface area contributed by atoms with Crippen molar-refractivity contribution in [1.82, 2.24) is 0 Å². The first-order valence-corrected chi connectivity index (χ1v) is 11.4. The number of halogens is 2. The van der Waals surface area contributed by atoms with Crippen LogP contribution < -0.4 is 4.74 Å². The number of aliphatic carboxylic acids is 1. The van der Waals surface area contributed by atoms with Gasteiger partial charge in [-0.15, -0.1) is 0 Å². The van der Waals surface area contributed by atoms with E-state index in [0.717, 1.165) is 33.6 Å². The first-order chi connectivity index (χ1) is 15.9. The van der Waals surface area contributed by atoms with E-state index in [1.807, 2.05) is 73.7 Å². The molecule has 0 fully saturated rings. The highest BCUT2D eigenvalue weighted by Gasteiger charge is 2.17. The highest BCUT2D eigenvalue weighted by atomic mass is 35.5. The average Bonchev–Trinajstić information content (AvgIpc) is 2.81. The van der Waals surface area contributed by atoms with Crippen molar-refractivity contribution in [2.24, 2.45) is 0 Å². The van der Waals surface area contributed by atoms with Crippen LogP contribution in [0.4, 0.5) is 0 Å². The number of carboxylic acids is 1. The van der Waals surface area contributed by atoms with E-state index < -0.39 is 12.1 Å². The van der Waals surface area contributed by atoms with Gasteiger partial charge in [0.25, 0.3) is 0 Å². The summed E-state index contributed by atoms with van der Waals surface area (Å²) >= 11 is 12.5. The predicted molar refractivity (Wildman–Crippen MR) is 134 cm³/mol. The summed E-state index contributed by atoms with van der Waals surface area (Å²) in [6.07, 6.45) is 1.50. The number of carbonyl (C=O) groups is 1. The molecule has 6 heteroatoms. The Hall–Kier alpha value is -2.79. The molecule has 0 unspecified atom stereocenters. The van der Waals surface area contributed by atoms with Crippen LogP contribution in [0.5, 0.6) is 5.75 Å². The Bertz CT molecular complexity index is 1110. The van der Waals surface area contributed by atoms with Gasteiger partial charge in [-0.25, -0.2) is 4.79 Å². The number of ether oxygens (including phenoxy) is 2. The fourth-order valence-electron chi connectivity index (χ4n) is 3.37. The lowest BCUT2D eigenvalue weighted by atomic mass is 10.0. The molecule has 0 radical (unpaired) electrons. The fourth-order valence-corrected chi connectivity index (χ4v) is 3.78. The van der Waals surface area contributed by atoms with Gasteiger partial charge in [-0.2, -0.15) is 0 Å². The number of hydrogen-bond donors (Lipinski definition) is 1. The second-order valence-electron chi connectivity index (χ2n) is 7.51. The number of rotatable bonds is 10. The van der Waals surface area contributed by atoms with Crippen LogP contribution in [0.2, 0.25) is 10.0 Å². The Morgan fingerprint density at radius 2 is 1.73 bits per heavy atom.